The number of pyridine rings is 1. The predicted octanol–water partition coefficient (Wildman–Crippen LogP) is 3.40. The summed E-state index contributed by atoms with van der Waals surface area (Å²) < 4.78 is 0. The fourth-order valence-electron chi connectivity index (χ4n) is 1.74. The van der Waals surface area contributed by atoms with Crippen molar-refractivity contribution < 1.29 is 0 Å². The van der Waals surface area contributed by atoms with E-state index >= 15 is 0 Å². The first-order valence-electron chi connectivity index (χ1n) is 5.29. The zero-order chi connectivity index (χ0) is 10.8. The maximum Gasteiger partial charge on any atom is 0.133 e. The van der Waals surface area contributed by atoms with Gasteiger partial charge in [-0.2, -0.15) is 0 Å². The minimum Gasteiger partial charge on any atom is -0.373 e. The fourth-order valence-corrected chi connectivity index (χ4v) is 1.74. The number of anilines is 1. The van der Waals surface area contributed by atoms with Crippen LogP contribution in [0.15, 0.2) is 30.5 Å². The monoisotopic (exact) mass is 200 g/mol. The van der Waals surface area contributed by atoms with E-state index in [0.29, 0.717) is 5.92 Å². The number of nitrogens with zero attached hydrogens (tertiary/aromatic N) is 1. The van der Waals surface area contributed by atoms with E-state index in [9.17, 15) is 0 Å². The summed E-state index contributed by atoms with van der Waals surface area (Å²) in [4.78, 5) is 4.31. The van der Waals surface area contributed by atoms with Crippen molar-refractivity contribution >= 4 is 16.6 Å². The maximum absolute atomic E-state index is 4.31. The van der Waals surface area contributed by atoms with Crippen molar-refractivity contribution in [1.29, 1.82) is 0 Å². The Kier molecular flexibility index (Phi) is 2.58. The van der Waals surface area contributed by atoms with Gasteiger partial charge in [-0.25, -0.2) is 4.98 Å². The Morgan fingerprint density at radius 3 is 2.67 bits per heavy atom. The van der Waals surface area contributed by atoms with Crippen LogP contribution in [0.3, 0.4) is 0 Å². The summed E-state index contributed by atoms with van der Waals surface area (Å²) in [6.07, 6.45) is 1.84. The summed E-state index contributed by atoms with van der Waals surface area (Å²) >= 11 is 0. The van der Waals surface area contributed by atoms with Crippen LogP contribution in [0.1, 0.15) is 25.3 Å². The van der Waals surface area contributed by atoms with Crippen molar-refractivity contribution in [3.05, 3.63) is 36.0 Å². The highest BCUT2D eigenvalue weighted by atomic mass is 14.9. The SMILES string of the molecule is CNc1nccc2ccc(C(C)C)cc12. The summed E-state index contributed by atoms with van der Waals surface area (Å²) in [6, 6.07) is 8.61. The number of benzene rings is 1. The molecule has 0 fully saturated rings. The molecule has 2 aromatic rings. The van der Waals surface area contributed by atoms with E-state index in [2.05, 4.69) is 42.3 Å². The molecule has 2 rings (SSSR count). The van der Waals surface area contributed by atoms with Crippen molar-refractivity contribution in [2.24, 2.45) is 0 Å². The Bertz CT molecular complexity index is 475. The lowest BCUT2D eigenvalue weighted by Gasteiger charge is -2.09. The molecule has 0 amide bonds. The topological polar surface area (TPSA) is 24.9 Å². The van der Waals surface area contributed by atoms with Crippen molar-refractivity contribution in [2.45, 2.75) is 19.8 Å². The molecule has 15 heavy (non-hydrogen) atoms. The Morgan fingerprint density at radius 2 is 2.00 bits per heavy atom. The molecule has 78 valence electrons. The molecule has 0 saturated carbocycles. The molecule has 1 N–H and O–H groups in total. The van der Waals surface area contributed by atoms with E-state index in [0.717, 1.165) is 5.82 Å². The normalized spacial score (nSPS) is 10.9. The zero-order valence-electron chi connectivity index (χ0n) is 9.41. The summed E-state index contributed by atoms with van der Waals surface area (Å²) in [6.45, 7) is 4.41. The smallest absolute Gasteiger partial charge is 0.133 e. The van der Waals surface area contributed by atoms with Gasteiger partial charge in [0.1, 0.15) is 5.82 Å². The molecule has 0 aliphatic heterocycles. The van der Waals surface area contributed by atoms with Gasteiger partial charge < -0.3 is 5.32 Å². The highest BCUT2D eigenvalue weighted by molar-refractivity contribution is 5.92. The lowest BCUT2D eigenvalue weighted by Crippen LogP contribution is -1.94. The van der Waals surface area contributed by atoms with Crippen LogP contribution in [0.2, 0.25) is 0 Å². The summed E-state index contributed by atoms with van der Waals surface area (Å²) in [7, 11) is 1.91. The van der Waals surface area contributed by atoms with E-state index in [4.69, 9.17) is 0 Å². The van der Waals surface area contributed by atoms with Crippen LogP contribution in [0.5, 0.6) is 0 Å². The van der Waals surface area contributed by atoms with Crippen molar-refractivity contribution in [1.82, 2.24) is 4.98 Å². The lowest BCUT2D eigenvalue weighted by atomic mass is 10.00. The molecule has 1 aromatic carbocycles. The predicted molar refractivity (Wildman–Crippen MR) is 65.4 cm³/mol. The van der Waals surface area contributed by atoms with Gasteiger partial charge >= 0.3 is 0 Å². The van der Waals surface area contributed by atoms with Crippen LogP contribution in [-0.4, -0.2) is 12.0 Å². The molecule has 2 nitrogen and oxygen atoms in total. The molecule has 1 aromatic heterocycles. The van der Waals surface area contributed by atoms with Gasteiger partial charge in [-0.1, -0.05) is 26.0 Å². The average molecular weight is 200 g/mol. The van der Waals surface area contributed by atoms with Crippen LogP contribution in [-0.2, 0) is 0 Å². The van der Waals surface area contributed by atoms with Gasteiger partial charge in [0.05, 0.1) is 0 Å². The van der Waals surface area contributed by atoms with Gasteiger partial charge in [0.2, 0.25) is 0 Å². The third kappa shape index (κ3) is 1.80. The Labute approximate surface area is 90.3 Å². The van der Waals surface area contributed by atoms with Crippen LogP contribution in [0, 0.1) is 0 Å². The molecule has 0 bridgehead atoms. The zero-order valence-corrected chi connectivity index (χ0v) is 9.41. The second kappa shape index (κ2) is 3.89. The lowest BCUT2D eigenvalue weighted by molar-refractivity contribution is 0.869. The van der Waals surface area contributed by atoms with Crippen LogP contribution < -0.4 is 5.32 Å². The van der Waals surface area contributed by atoms with Gasteiger partial charge in [0.25, 0.3) is 0 Å². The number of aromatic nitrogens is 1. The maximum atomic E-state index is 4.31. The van der Waals surface area contributed by atoms with E-state index < -0.39 is 0 Å². The number of hydrogen-bond donors (Lipinski definition) is 1. The highest BCUT2D eigenvalue weighted by Crippen LogP contribution is 2.25. The van der Waals surface area contributed by atoms with E-state index in [1.807, 2.05) is 19.3 Å². The van der Waals surface area contributed by atoms with Crippen LogP contribution in [0.4, 0.5) is 5.82 Å². The summed E-state index contributed by atoms with van der Waals surface area (Å²) in [5.74, 6) is 1.51. The molecule has 2 heteroatoms. The molecule has 0 aliphatic carbocycles. The second-order valence-electron chi connectivity index (χ2n) is 4.04. The molecule has 0 aliphatic rings. The van der Waals surface area contributed by atoms with E-state index in [1.165, 1.54) is 16.3 Å². The third-order valence-electron chi connectivity index (χ3n) is 2.69. The molecule has 0 unspecified atom stereocenters. The van der Waals surface area contributed by atoms with Gasteiger partial charge in [0, 0.05) is 18.6 Å². The summed E-state index contributed by atoms with van der Waals surface area (Å²) in [5.41, 5.74) is 1.35. The molecule has 0 spiro atoms. The average Bonchev–Trinajstić information content (AvgIpc) is 2.27. The van der Waals surface area contributed by atoms with E-state index in [1.54, 1.807) is 0 Å². The quantitative estimate of drug-likeness (QED) is 0.803. The largest absolute Gasteiger partial charge is 0.373 e. The first-order valence-corrected chi connectivity index (χ1v) is 5.29. The molecular formula is C13H16N2. The molecule has 0 radical (unpaired) electrons. The van der Waals surface area contributed by atoms with Crippen molar-refractivity contribution in [2.75, 3.05) is 12.4 Å². The number of fused-ring (bicyclic) bond motifs is 1. The van der Waals surface area contributed by atoms with Gasteiger partial charge in [-0.15, -0.1) is 0 Å². The van der Waals surface area contributed by atoms with Crippen molar-refractivity contribution in [3.63, 3.8) is 0 Å². The fraction of sp³-hybridized carbons (Fsp3) is 0.308. The number of nitrogens with one attached hydrogen (secondary N) is 1. The first kappa shape index (κ1) is 9.97. The Morgan fingerprint density at radius 1 is 1.20 bits per heavy atom. The molecule has 0 atom stereocenters. The molecular weight excluding hydrogens is 184 g/mol. The minimum atomic E-state index is 0.555. The van der Waals surface area contributed by atoms with Gasteiger partial charge in [0.15, 0.2) is 0 Å². The standard InChI is InChI=1S/C13H16N2/c1-9(2)11-5-4-10-6-7-15-13(14-3)12(10)8-11/h4-9H,1-3H3,(H,14,15). The second-order valence-corrected chi connectivity index (χ2v) is 4.04. The van der Waals surface area contributed by atoms with Gasteiger partial charge in [-0.05, 0) is 29.0 Å². The van der Waals surface area contributed by atoms with Crippen LogP contribution >= 0.6 is 0 Å². The summed E-state index contributed by atoms with van der Waals surface area (Å²) in [5, 5.41) is 5.56. The Balaban J connectivity index is 2.67. The number of rotatable bonds is 2. The van der Waals surface area contributed by atoms with Gasteiger partial charge in [-0.3, -0.25) is 0 Å². The first-order chi connectivity index (χ1) is 7.22. The minimum absolute atomic E-state index is 0.555. The highest BCUT2D eigenvalue weighted by Gasteiger charge is 2.04. The number of hydrogen-bond acceptors (Lipinski definition) is 2. The third-order valence-corrected chi connectivity index (χ3v) is 2.69. The molecule has 1 heterocycles. The van der Waals surface area contributed by atoms with E-state index in [-0.39, 0.29) is 0 Å². The van der Waals surface area contributed by atoms with Crippen molar-refractivity contribution in [3.8, 4) is 0 Å². The Hall–Kier alpha value is -1.57. The molecule has 0 saturated heterocycles. The van der Waals surface area contributed by atoms with Crippen LogP contribution in [0.25, 0.3) is 10.8 Å².